The maximum Gasteiger partial charge on any atom is 0.0866 e. The van der Waals surface area contributed by atoms with Gasteiger partial charge in [-0.2, -0.15) is 5.26 Å². The third kappa shape index (κ3) is 3.88. The number of hydrogen-bond donors (Lipinski definition) is 0. The number of benzene rings is 1. The fourth-order valence-electron chi connectivity index (χ4n) is 1.12. The van der Waals surface area contributed by atoms with Crippen LogP contribution in [0, 0.1) is 11.3 Å². The quantitative estimate of drug-likeness (QED) is 0.674. The van der Waals surface area contributed by atoms with Gasteiger partial charge in [0, 0.05) is 6.54 Å². The summed E-state index contributed by atoms with van der Waals surface area (Å²) in [5.41, 5.74) is 1.19. The number of hydrogen-bond acceptors (Lipinski definition) is 2. The summed E-state index contributed by atoms with van der Waals surface area (Å²) in [5.74, 6) is 0. The number of nitrogens with zero attached hydrogens (tertiary/aromatic N) is 2. The molecule has 1 aromatic carbocycles. The van der Waals surface area contributed by atoms with Crippen molar-refractivity contribution in [1.82, 2.24) is 4.90 Å². The van der Waals surface area contributed by atoms with Gasteiger partial charge in [-0.05, 0) is 12.6 Å². The maximum atomic E-state index is 8.44. The second-order valence-corrected chi connectivity index (χ2v) is 3.17. The Balaban J connectivity index is 2.39. The topological polar surface area (TPSA) is 27.0 Å². The lowest BCUT2D eigenvalue weighted by atomic mass is 10.2. The molecule has 0 heterocycles. The Morgan fingerprint density at radius 2 is 2.07 bits per heavy atom. The Kier molecular flexibility index (Phi) is 4.46. The van der Waals surface area contributed by atoms with Crippen molar-refractivity contribution >= 4 is 6.08 Å². The molecule has 0 N–H and O–H groups in total. The van der Waals surface area contributed by atoms with Gasteiger partial charge in [-0.1, -0.05) is 42.5 Å². The van der Waals surface area contributed by atoms with Crippen molar-refractivity contribution in [3.63, 3.8) is 0 Å². The zero-order valence-electron chi connectivity index (χ0n) is 8.35. The van der Waals surface area contributed by atoms with Gasteiger partial charge in [0.15, 0.2) is 0 Å². The summed E-state index contributed by atoms with van der Waals surface area (Å²) in [7, 11) is 1.93. The van der Waals surface area contributed by atoms with E-state index in [1.165, 1.54) is 5.56 Å². The van der Waals surface area contributed by atoms with Crippen LogP contribution in [-0.4, -0.2) is 25.0 Å². The highest BCUT2D eigenvalue weighted by Gasteiger charge is 1.91. The van der Waals surface area contributed by atoms with E-state index in [-0.39, 0.29) is 0 Å². The van der Waals surface area contributed by atoms with Crippen LogP contribution in [0.25, 0.3) is 6.08 Å². The molecule has 0 radical (unpaired) electrons. The SMILES string of the molecule is CN(CC#N)CC=Cc1ccccc1. The summed E-state index contributed by atoms with van der Waals surface area (Å²) in [4.78, 5) is 1.96. The molecule has 0 atom stereocenters. The number of rotatable bonds is 4. The lowest BCUT2D eigenvalue weighted by Crippen LogP contribution is -2.17. The van der Waals surface area contributed by atoms with Gasteiger partial charge in [0.2, 0.25) is 0 Å². The second kappa shape index (κ2) is 5.95. The molecule has 0 aliphatic rings. The fourth-order valence-corrected chi connectivity index (χ4v) is 1.12. The highest BCUT2D eigenvalue weighted by molar-refractivity contribution is 5.48. The van der Waals surface area contributed by atoms with Gasteiger partial charge in [0.1, 0.15) is 0 Å². The third-order valence-electron chi connectivity index (χ3n) is 1.87. The van der Waals surface area contributed by atoms with Gasteiger partial charge in [-0.3, -0.25) is 4.90 Å². The van der Waals surface area contributed by atoms with Crippen molar-refractivity contribution in [2.75, 3.05) is 20.1 Å². The first-order valence-electron chi connectivity index (χ1n) is 4.60. The van der Waals surface area contributed by atoms with E-state index < -0.39 is 0 Å². The van der Waals surface area contributed by atoms with E-state index in [4.69, 9.17) is 5.26 Å². The molecule has 0 aliphatic carbocycles. The molecule has 2 heteroatoms. The first kappa shape index (κ1) is 10.5. The van der Waals surface area contributed by atoms with Crippen LogP contribution in [0.4, 0.5) is 0 Å². The lowest BCUT2D eigenvalue weighted by Gasteiger charge is -2.07. The van der Waals surface area contributed by atoms with Gasteiger partial charge >= 0.3 is 0 Å². The third-order valence-corrected chi connectivity index (χ3v) is 1.87. The van der Waals surface area contributed by atoms with E-state index in [0.717, 1.165) is 6.54 Å². The van der Waals surface area contributed by atoms with Crippen molar-refractivity contribution in [3.8, 4) is 6.07 Å². The molecule has 0 unspecified atom stereocenters. The minimum absolute atomic E-state index is 0.471. The van der Waals surface area contributed by atoms with Gasteiger partial charge in [0.05, 0.1) is 12.6 Å². The van der Waals surface area contributed by atoms with E-state index >= 15 is 0 Å². The summed E-state index contributed by atoms with van der Waals surface area (Å²) >= 11 is 0. The van der Waals surface area contributed by atoms with E-state index in [1.807, 2.05) is 30.1 Å². The standard InChI is InChI=1S/C12H14N2/c1-14(11-9-13)10-5-8-12-6-3-2-4-7-12/h2-8H,10-11H2,1H3. The van der Waals surface area contributed by atoms with Gasteiger partial charge < -0.3 is 0 Å². The smallest absolute Gasteiger partial charge is 0.0866 e. The zero-order chi connectivity index (χ0) is 10.2. The van der Waals surface area contributed by atoms with Gasteiger partial charge in [-0.25, -0.2) is 0 Å². The Morgan fingerprint density at radius 1 is 1.36 bits per heavy atom. The average molecular weight is 186 g/mol. The molecular weight excluding hydrogens is 172 g/mol. The van der Waals surface area contributed by atoms with Crippen molar-refractivity contribution < 1.29 is 0 Å². The lowest BCUT2D eigenvalue weighted by molar-refractivity contribution is 0.418. The molecule has 0 fully saturated rings. The van der Waals surface area contributed by atoms with Crippen LogP contribution >= 0.6 is 0 Å². The van der Waals surface area contributed by atoms with Crippen LogP contribution in [0.15, 0.2) is 36.4 Å². The Labute approximate surface area is 85.1 Å². The first-order valence-corrected chi connectivity index (χ1v) is 4.60. The van der Waals surface area contributed by atoms with Gasteiger partial charge in [0.25, 0.3) is 0 Å². The molecule has 0 spiro atoms. The summed E-state index contributed by atoms with van der Waals surface area (Å²) < 4.78 is 0. The molecule has 1 aromatic rings. The van der Waals surface area contributed by atoms with Crippen LogP contribution < -0.4 is 0 Å². The summed E-state index contributed by atoms with van der Waals surface area (Å²) in [5, 5.41) is 8.44. The molecule has 72 valence electrons. The Bertz CT molecular complexity index is 322. The van der Waals surface area contributed by atoms with E-state index in [2.05, 4.69) is 30.4 Å². The first-order chi connectivity index (χ1) is 6.83. The molecular formula is C12H14N2. The molecule has 0 saturated carbocycles. The Morgan fingerprint density at radius 3 is 2.71 bits per heavy atom. The molecule has 0 saturated heterocycles. The molecule has 0 amide bonds. The largest absolute Gasteiger partial charge is 0.290 e. The van der Waals surface area contributed by atoms with Crippen molar-refractivity contribution in [2.45, 2.75) is 0 Å². The van der Waals surface area contributed by atoms with Crippen LogP contribution in [0.2, 0.25) is 0 Å². The number of likely N-dealkylation sites (N-methyl/N-ethyl adjacent to an activating group) is 1. The van der Waals surface area contributed by atoms with Crippen LogP contribution in [0.1, 0.15) is 5.56 Å². The predicted molar refractivity (Wildman–Crippen MR) is 58.6 cm³/mol. The second-order valence-electron chi connectivity index (χ2n) is 3.17. The molecule has 0 aliphatic heterocycles. The minimum atomic E-state index is 0.471. The van der Waals surface area contributed by atoms with Crippen molar-refractivity contribution in [2.24, 2.45) is 0 Å². The van der Waals surface area contributed by atoms with Crippen LogP contribution in [0.5, 0.6) is 0 Å². The summed E-state index contributed by atoms with van der Waals surface area (Å²) in [6, 6.07) is 12.2. The highest BCUT2D eigenvalue weighted by Crippen LogP contribution is 2.00. The Hall–Kier alpha value is -1.59. The fraction of sp³-hybridized carbons (Fsp3) is 0.250. The van der Waals surface area contributed by atoms with E-state index in [1.54, 1.807) is 0 Å². The number of nitriles is 1. The predicted octanol–water partition coefficient (Wildman–Crippen LogP) is 2.16. The molecule has 0 aromatic heterocycles. The molecule has 1 rings (SSSR count). The minimum Gasteiger partial charge on any atom is -0.290 e. The summed E-state index contributed by atoms with van der Waals surface area (Å²) in [6.07, 6.45) is 4.13. The monoisotopic (exact) mass is 186 g/mol. The van der Waals surface area contributed by atoms with Crippen LogP contribution in [-0.2, 0) is 0 Å². The van der Waals surface area contributed by atoms with E-state index in [9.17, 15) is 0 Å². The average Bonchev–Trinajstić information content (AvgIpc) is 2.20. The van der Waals surface area contributed by atoms with E-state index in [0.29, 0.717) is 6.54 Å². The zero-order valence-corrected chi connectivity index (χ0v) is 8.35. The normalized spacial score (nSPS) is 10.6. The van der Waals surface area contributed by atoms with Crippen LogP contribution in [0.3, 0.4) is 0 Å². The van der Waals surface area contributed by atoms with Crippen molar-refractivity contribution in [1.29, 1.82) is 5.26 Å². The molecule has 2 nitrogen and oxygen atoms in total. The summed E-state index contributed by atoms with van der Waals surface area (Å²) in [6.45, 7) is 1.28. The van der Waals surface area contributed by atoms with Gasteiger partial charge in [-0.15, -0.1) is 0 Å². The molecule has 0 bridgehead atoms. The van der Waals surface area contributed by atoms with Crippen molar-refractivity contribution in [3.05, 3.63) is 42.0 Å². The maximum absolute atomic E-state index is 8.44. The highest BCUT2D eigenvalue weighted by atomic mass is 15.1. The molecule has 14 heavy (non-hydrogen) atoms.